The monoisotopic (exact) mass is 346 g/mol. The second-order valence-corrected chi connectivity index (χ2v) is 4.95. The van der Waals surface area contributed by atoms with Crippen LogP contribution in [0.2, 0.25) is 5.02 Å². The molecule has 8 heteroatoms. The molecule has 0 aliphatic rings. The van der Waals surface area contributed by atoms with E-state index in [9.17, 15) is 13.2 Å². The highest BCUT2D eigenvalue weighted by molar-refractivity contribution is 7.80. The Hall–Kier alpha value is -1.99. The van der Waals surface area contributed by atoms with Gasteiger partial charge in [0.2, 0.25) is 0 Å². The summed E-state index contributed by atoms with van der Waals surface area (Å²) in [5.41, 5.74) is 0.940. The summed E-state index contributed by atoms with van der Waals surface area (Å²) in [7, 11) is 0. The van der Waals surface area contributed by atoms with Crippen molar-refractivity contribution in [1.29, 1.82) is 0 Å². The van der Waals surface area contributed by atoms with E-state index in [2.05, 4.69) is 15.4 Å². The first kappa shape index (κ1) is 16.4. The van der Waals surface area contributed by atoms with Crippen molar-refractivity contribution in [3.63, 3.8) is 0 Å². The topological polar surface area (TPSA) is 33.3 Å². The van der Waals surface area contributed by atoms with E-state index in [0.717, 1.165) is 0 Å². The smallest absolute Gasteiger partial charge is 0.406 e. The highest BCUT2D eigenvalue weighted by Crippen LogP contribution is 2.25. The van der Waals surface area contributed by atoms with Gasteiger partial charge >= 0.3 is 6.36 Å². The van der Waals surface area contributed by atoms with Gasteiger partial charge in [-0.1, -0.05) is 29.8 Å². The quantitative estimate of drug-likeness (QED) is 0.762. The lowest BCUT2D eigenvalue weighted by atomic mass is 10.3. The van der Waals surface area contributed by atoms with Crippen molar-refractivity contribution in [3.05, 3.63) is 53.6 Å². The Morgan fingerprint density at radius 2 is 1.77 bits per heavy atom. The zero-order valence-electron chi connectivity index (χ0n) is 10.9. The highest BCUT2D eigenvalue weighted by Gasteiger charge is 2.31. The first-order valence-electron chi connectivity index (χ1n) is 6.02. The molecule has 22 heavy (non-hydrogen) atoms. The molecule has 2 N–H and O–H groups in total. The third-order valence-electron chi connectivity index (χ3n) is 2.45. The Bertz CT molecular complexity index is 679. The van der Waals surface area contributed by atoms with Crippen LogP contribution in [0.5, 0.6) is 5.75 Å². The van der Waals surface area contributed by atoms with Gasteiger partial charge in [-0.05, 0) is 36.5 Å². The summed E-state index contributed by atoms with van der Waals surface area (Å²) in [5.74, 6) is -0.335. The molecule has 0 saturated heterocycles. The van der Waals surface area contributed by atoms with Gasteiger partial charge in [0.1, 0.15) is 5.75 Å². The van der Waals surface area contributed by atoms with Gasteiger partial charge in [0.05, 0.1) is 10.7 Å². The van der Waals surface area contributed by atoms with Crippen molar-refractivity contribution in [2.24, 2.45) is 0 Å². The zero-order chi connectivity index (χ0) is 16.2. The number of hydrogen-bond acceptors (Lipinski definition) is 2. The second kappa shape index (κ2) is 6.85. The number of alkyl halides is 3. The Kier molecular flexibility index (Phi) is 5.10. The fraction of sp³-hybridized carbons (Fsp3) is 0.0714. The molecule has 0 saturated carbocycles. The molecule has 0 amide bonds. The lowest BCUT2D eigenvalue weighted by Crippen LogP contribution is -2.20. The number of thiocarbonyl (C=S) groups is 1. The minimum Gasteiger partial charge on any atom is -0.406 e. The molecule has 3 nitrogen and oxygen atoms in total. The van der Waals surface area contributed by atoms with Gasteiger partial charge in [-0.3, -0.25) is 0 Å². The first-order valence-corrected chi connectivity index (χ1v) is 6.80. The van der Waals surface area contributed by atoms with E-state index >= 15 is 0 Å². The van der Waals surface area contributed by atoms with Crippen LogP contribution >= 0.6 is 23.8 Å². The van der Waals surface area contributed by atoms with Crippen LogP contribution in [-0.2, 0) is 0 Å². The van der Waals surface area contributed by atoms with Crippen molar-refractivity contribution in [3.8, 4) is 5.75 Å². The highest BCUT2D eigenvalue weighted by atomic mass is 35.5. The number of nitrogens with one attached hydrogen (secondary N) is 2. The fourth-order valence-corrected chi connectivity index (χ4v) is 2.03. The molecular weight excluding hydrogens is 337 g/mol. The van der Waals surface area contributed by atoms with Gasteiger partial charge < -0.3 is 15.4 Å². The van der Waals surface area contributed by atoms with E-state index in [0.29, 0.717) is 16.4 Å². The largest absolute Gasteiger partial charge is 0.573 e. The van der Waals surface area contributed by atoms with E-state index in [4.69, 9.17) is 23.8 Å². The number of halogens is 4. The van der Waals surface area contributed by atoms with E-state index < -0.39 is 6.36 Å². The van der Waals surface area contributed by atoms with Gasteiger partial charge in [-0.2, -0.15) is 0 Å². The standard InChI is InChI=1S/C14H10ClF3N2OS/c15-11-6-1-2-7-12(11)20-13(22)19-9-4-3-5-10(8-9)21-14(16,17)18/h1-8H,(H2,19,20,22). The average molecular weight is 347 g/mol. The molecule has 116 valence electrons. The fourth-order valence-electron chi connectivity index (χ4n) is 1.62. The summed E-state index contributed by atoms with van der Waals surface area (Å²) < 4.78 is 40.4. The summed E-state index contributed by atoms with van der Waals surface area (Å²) in [6.45, 7) is 0. The first-order chi connectivity index (χ1) is 10.3. The number of ether oxygens (including phenoxy) is 1. The van der Waals surface area contributed by atoms with Crippen molar-refractivity contribution < 1.29 is 17.9 Å². The van der Waals surface area contributed by atoms with Crippen LogP contribution in [0.1, 0.15) is 0 Å². The Balaban J connectivity index is 2.03. The molecule has 0 aromatic heterocycles. The predicted molar refractivity (Wildman–Crippen MR) is 84.4 cm³/mol. The lowest BCUT2D eigenvalue weighted by Gasteiger charge is -2.13. The molecule has 0 radical (unpaired) electrons. The van der Waals surface area contributed by atoms with Crippen molar-refractivity contribution >= 4 is 40.3 Å². The molecule has 0 atom stereocenters. The molecule has 0 bridgehead atoms. The van der Waals surface area contributed by atoms with Crippen LogP contribution in [0.3, 0.4) is 0 Å². The normalized spacial score (nSPS) is 10.9. The second-order valence-electron chi connectivity index (χ2n) is 4.13. The van der Waals surface area contributed by atoms with Crippen LogP contribution < -0.4 is 15.4 Å². The molecule has 0 unspecified atom stereocenters. The predicted octanol–water partition coefficient (Wildman–Crippen LogP) is 5.05. The summed E-state index contributed by atoms with van der Waals surface area (Å²) in [5, 5.41) is 6.27. The van der Waals surface area contributed by atoms with Gasteiger partial charge in [0.25, 0.3) is 0 Å². The van der Waals surface area contributed by atoms with Crippen molar-refractivity contribution in [2.45, 2.75) is 6.36 Å². The van der Waals surface area contributed by atoms with E-state index in [1.807, 2.05) is 0 Å². The minimum absolute atomic E-state index is 0.192. The summed E-state index contributed by atoms with van der Waals surface area (Å²) >= 11 is 11.1. The molecule has 0 heterocycles. The zero-order valence-corrected chi connectivity index (χ0v) is 12.5. The van der Waals surface area contributed by atoms with Crippen LogP contribution in [0.25, 0.3) is 0 Å². The summed E-state index contributed by atoms with van der Waals surface area (Å²) in [6, 6.07) is 12.3. The summed E-state index contributed by atoms with van der Waals surface area (Å²) in [6.07, 6.45) is -4.74. The van der Waals surface area contributed by atoms with E-state index in [1.54, 1.807) is 30.3 Å². The minimum atomic E-state index is -4.74. The third kappa shape index (κ3) is 5.09. The van der Waals surface area contributed by atoms with Gasteiger partial charge in [-0.25, -0.2) is 0 Å². The van der Waals surface area contributed by atoms with Crippen LogP contribution in [0.4, 0.5) is 24.5 Å². The number of rotatable bonds is 3. The van der Waals surface area contributed by atoms with E-state index in [1.165, 1.54) is 18.2 Å². The number of hydrogen-bond donors (Lipinski definition) is 2. The number of benzene rings is 2. The third-order valence-corrected chi connectivity index (χ3v) is 2.98. The van der Waals surface area contributed by atoms with E-state index in [-0.39, 0.29) is 10.9 Å². The van der Waals surface area contributed by atoms with Crippen molar-refractivity contribution in [1.82, 2.24) is 0 Å². The van der Waals surface area contributed by atoms with Crippen LogP contribution in [0, 0.1) is 0 Å². The van der Waals surface area contributed by atoms with Crippen LogP contribution in [0.15, 0.2) is 48.5 Å². The molecule has 0 aliphatic heterocycles. The molecule has 0 aliphatic carbocycles. The van der Waals surface area contributed by atoms with Gasteiger partial charge in [0.15, 0.2) is 5.11 Å². The molecule has 2 aromatic carbocycles. The van der Waals surface area contributed by atoms with Crippen LogP contribution in [-0.4, -0.2) is 11.5 Å². The Labute approximate surface area is 135 Å². The number of anilines is 2. The Morgan fingerprint density at radius 3 is 2.45 bits per heavy atom. The van der Waals surface area contributed by atoms with Gasteiger partial charge in [0, 0.05) is 11.8 Å². The SMILES string of the molecule is FC(F)(F)Oc1cccc(NC(=S)Nc2ccccc2Cl)c1. The molecule has 0 fully saturated rings. The van der Waals surface area contributed by atoms with Gasteiger partial charge in [-0.15, -0.1) is 13.2 Å². The number of para-hydroxylation sites is 1. The molecule has 2 aromatic rings. The maximum atomic E-state index is 12.2. The van der Waals surface area contributed by atoms with Crippen molar-refractivity contribution in [2.75, 3.05) is 10.6 Å². The lowest BCUT2D eigenvalue weighted by molar-refractivity contribution is -0.274. The Morgan fingerprint density at radius 1 is 1.05 bits per heavy atom. The maximum Gasteiger partial charge on any atom is 0.573 e. The molecular formula is C14H10ClF3N2OS. The average Bonchev–Trinajstić information content (AvgIpc) is 2.40. The molecule has 2 rings (SSSR count). The maximum absolute atomic E-state index is 12.2. The molecule has 0 spiro atoms. The summed E-state index contributed by atoms with van der Waals surface area (Å²) in [4.78, 5) is 0.